The summed E-state index contributed by atoms with van der Waals surface area (Å²) in [5.74, 6) is 1.63. The van der Waals surface area contributed by atoms with E-state index in [1.165, 1.54) is 0 Å². The van der Waals surface area contributed by atoms with E-state index in [1.807, 2.05) is 37.4 Å². The number of hydrogen-bond acceptors (Lipinski definition) is 4. The first-order chi connectivity index (χ1) is 9.85. The average molecular weight is 265 g/mol. The van der Waals surface area contributed by atoms with Gasteiger partial charge in [-0.15, -0.1) is 0 Å². The Morgan fingerprint density at radius 1 is 0.950 bits per heavy atom. The summed E-state index contributed by atoms with van der Waals surface area (Å²) in [5.41, 5.74) is 1.88. The number of benzene rings is 2. The molecule has 0 spiro atoms. The standard InChI is InChI=1S/C16H15N3O/c1-17-16-15(18-9-10-19-16)13-7-8-14(20-2)12-6-4-3-5-11(12)13/h3-10H,1-2H3,(H,17,19). The molecule has 4 heteroatoms. The first-order valence-electron chi connectivity index (χ1n) is 6.40. The van der Waals surface area contributed by atoms with Crippen LogP contribution in [0.3, 0.4) is 0 Å². The van der Waals surface area contributed by atoms with Crippen LogP contribution < -0.4 is 10.1 Å². The van der Waals surface area contributed by atoms with Crippen molar-refractivity contribution in [2.24, 2.45) is 0 Å². The molecule has 1 heterocycles. The Labute approximate surface area is 117 Å². The van der Waals surface area contributed by atoms with Crippen LogP contribution >= 0.6 is 0 Å². The summed E-state index contributed by atoms with van der Waals surface area (Å²) in [6.07, 6.45) is 3.39. The van der Waals surface area contributed by atoms with Crippen molar-refractivity contribution >= 4 is 16.6 Å². The van der Waals surface area contributed by atoms with Gasteiger partial charge >= 0.3 is 0 Å². The molecule has 0 amide bonds. The summed E-state index contributed by atoms with van der Waals surface area (Å²) in [7, 11) is 3.53. The molecule has 100 valence electrons. The SMILES string of the molecule is CNc1nccnc1-c1ccc(OC)c2ccccc12. The van der Waals surface area contributed by atoms with Crippen LogP contribution in [0.2, 0.25) is 0 Å². The highest BCUT2D eigenvalue weighted by atomic mass is 16.5. The van der Waals surface area contributed by atoms with Gasteiger partial charge in [-0.1, -0.05) is 24.3 Å². The highest BCUT2D eigenvalue weighted by molar-refractivity contribution is 6.01. The van der Waals surface area contributed by atoms with E-state index in [0.29, 0.717) is 0 Å². The van der Waals surface area contributed by atoms with Crippen molar-refractivity contribution in [1.82, 2.24) is 9.97 Å². The molecule has 0 radical (unpaired) electrons. The maximum Gasteiger partial charge on any atom is 0.152 e. The van der Waals surface area contributed by atoms with E-state index in [4.69, 9.17) is 4.74 Å². The van der Waals surface area contributed by atoms with E-state index >= 15 is 0 Å². The van der Waals surface area contributed by atoms with Crippen molar-refractivity contribution < 1.29 is 4.74 Å². The van der Waals surface area contributed by atoms with Gasteiger partial charge in [-0.3, -0.25) is 4.98 Å². The second kappa shape index (κ2) is 5.17. The van der Waals surface area contributed by atoms with E-state index in [1.54, 1.807) is 19.5 Å². The second-order valence-corrected chi connectivity index (χ2v) is 4.36. The summed E-state index contributed by atoms with van der Waals surface area (Å²) in [6, 6.07) is 12.1. The van der Waals surface area contributed by atoms with Crippen LogP contribution in [0, 0.1) is 0 Å². The Hall–Kier alpha value is -2.62. The topological polar surface area (TPSA) is 47.0 Å². The molecule has 0 aliphatic rings. The Kier molecular flexibility index (Phi) is 3.21. The number of aromatic nitrogens is 2. The van der Waals surface area contributed by atoms with E-state index < -0.39 is 0 Å². The van der Waals surface area contributed by atoms with Crippen molar-refractivity contribution in [3.05, 3.63) is 48.8 Å². The quantitative estimate of drug-likeness (QED) is 0.789. The van der Waals surface area contributed by atoms with Gasteiger partial charge in [0.15, 0.2) is 5.82 Å². The number of nitrogens with zero attached hydrogens (tertiary/aromatic N) is 2. The molecule has 0 unspecified atom stereocenters. The van der Waals surface area contributed by atoms with Gasteiger partial charge < -0.3 is 10.1 Å². The number of anilines is 1. The Morgan fingerprint density at radius 3 is 2.45 bits per heavy atom. The molecule has 20 heavy (non-hydrogen) atoms. The molecule has 0 bridgehead atoms. The highest BCUT2D eigenvalue weighted by Gasteiger charge is 2.12. The molecule has 4 nitrogen and oxygen atoms in total. The van der Waals surface area contributed by atoms with Crippen molar-refractivity contribution in [3.8, 4) is 17.0 Å². The zero-order valence-corrected chi connectivity index (χ0v) is 11.4. The molecule has 0 atom stereocenters. The van der Waals surface area contributed by atoms with Crippen LogP contribution in [0.5, 0.6) is 5.75 Å². The normalized spacial score (nSPS) is 10.5. The number of ether oxygens (including phenoxy) is 1. The summed E-state index contributed by atoms with van der Waals surface area (Å²) in [6.45, 7) is 0. The first-order valence-corrected chi connectivity index (χ1v) is 6.40. The molecule has 0 saturated heterocycles. The van der Waals surface area contributed by atoms with E-state index in [0.717, 1.165) is 33.6 Å². The Balaban J connectivity index is 2.32. The van der Waals surface area contributed by atoms with Crippen LogP contribution in [0.25, 0.3) is 22.0 Å². The van der Waals surface area contributed by atoms with Crippen molar-refractivity contribution in [3.63, 3.8) is 0 Å². The van der Waals surface area contributed by atoms with Crippen LogP contribution in [-0.2, 0) is 0 Å². The highest BCUT2D eigenvalue weighted by Crippen LogP contribution is 2.35. The van der Waals surface area contributed by atoms with Crippen LogP contribution in [0.15, 0.2) is 48.8 Å². The van der Waals surface area contributed by atoms with Gasteiger partial charge in [-0.25, -0.2) is 4.98 Å². The third-order valence-corrected chi connectivity index (χ3v) is 3.29. The maximum absolute atomic E-state index is 5.42. The van der Waals surface area contributed by atoms with Gasteiger partial charge in [0.1, 0.15) is 11.4 Å². The molecule has 3 rings (SSSR count). The predicted octanol–water partition coefficient (Wildman–Crippen LogP) is 3.35. The number of methoxy groups -OCH3 is 1. The largest absolute Gasteiger partial charge is 0.496 e. The van der Waals surface area contributed by atoms with Gasteiger partial charge in [-0.2, -0.15) is 0 Å². The third-order valence-electron chi connectivity index (χ3n) is 3.29. The summed E-state index contributed by atoms with van der Waals surface area (Å²) < 4.78 is 5.42. The molecule has 0 saturated carbocycles. The molecule has 3 aromatic rings. The average Bonchev–Trinajstić information content (AvgIpc) is 2.53. The molecule has 1 N–H and O–H groups in total. The zero-order chi connectivity index (χ0) is 13.9. The minimum Gasteiger partial charge on any atom is -0.496 e. The van der Waals surface area contributed by atoms with Crippen LogP contribution in [-0.4, -0.2) is 24.1 Å². The lowest BCUT2D eigenvalue weighted by Gasteiger charge is -2.12. The molecule has 1 aromatic heterocycles. The number of hydrogen-bond donors (Lipinski definition) is 1. The van der Waals surface area contributed by atoms with Crippen LogP contribution in [0.4, 0.5) is 5.82 Å². The fraction of sp³-hybridized carbons (Fsp3) is 0.125. The van der Waals surface area contributed by atoms with Gasteiger partial charge in [0.2, 0.25) is 0 Å². The number of nitrogens with one attached hydrogen (secondary N) is 1. The minimum atomic E-state index is 0.766. The predicted molar refractivity (Wildman–Crippen MR) is 81.1 cm³/mol. The van der Waals surface area contributed by atoms with Crippen LogP contribution in [0.1, 0.15) is 0 Å². The van der Waals surface area contributed by atoms with Gasteiger partial charge in [0.25, 0.3) is 0 Å². The molecule has 0 fully saturated rings. The lowest BCUT2D eigenvalue weighted by Crippen LogP contribution is -1.98. The molecule has 0 aliphatic heterocycles. The van der Waals surface area contributed by atoms with Crippen molar-refractivity contribution in [2.45, 2.75) is 0 Å². The fourth-order valence-corrected chi connectivity index (χ4v) is 2.37. The maximum atomic E-state index is 5.42. The van der Waals surface area contributed by atoms with Gasteiger partial charge in [-0.05, 0) is 17.5 Å². The lowest BCUT2D eigenvalue weighted by atomic mass is 10.0. The van der Waals surface area contributed by atoms with Crippen molar-refractivity contribution in [2.75, 3.05) is 19.5 Å². The molecule has 0 aliphatic carbocycles. The second-order valence-electron chi connectivity index (χ2n) is 4.36. The van der Waals surface area contributed by atoms with Crippen molar-refractivity contribution in [1.29, 1.82) is 0 Å². The van der Waals surface area contributed by atoms with Gasteiger partial charge in [0.05, 0.1) is 7.11 Å². The van der Waals surface area contributed by atoms with E-state index in [-0.39, 0.29) is 0 Å². The van der Waals surface area contributed by atoms with E-state index in [2.05, 4.69) is 21.4 Å². The summed E-state index contributed by atoms with van der Waals surface area (Å²) in [5, 5.41) is 5.25. The fourth-order valence-electron chi connectivity index (χ4n) is 2.37. The summed E-state index contributed by atoms with van der Waals surface area (Å²) in [4.78, 5) is 8.78. The summed E-state index contributed by atoms with van der Waals surface area (Å²) >= 11 is 0. The molecular formula is C16H15N3O. The Bertz CT molecular complexity index is 756. The molecular weight excluding hydrogens is 250 g/mol. The lowest BCUT2D eigenvalue weighted by molar-refractivity contribution is 0.420. The smallest absolute Gasteiger partial charge is 0.152 e. The number of rotatable bonds is 3. The van der Waals surface area contributed by atoms with Gasteiger partial charge in [0, 0.05) is 30.4 Å². The molecule has 2 aromatic carbocycles. The Morgan fingerprint density at radius 2 is 1.70 bits per heavy atom. The monoisotopic (exact) mass is 265 g/mol. The number of fused-ring (bicyclic) bond motifs is 1. The van der Waals surface area contributed by atoms with E-state index in [9.17, 15) is 0 Å². The zero-order valence-electron chi connectivity index (χ0n) is 11.4. The third kappa shape index (κ3) is 1.95. The first kappa shape index (κ1) is 12.4. The minimum absolute atomic E-state index is 0.766.